The lowest BCUT2D eigenvalue weighted by molar-refractivity contribution is 0.461. The largest absolute Gasteiger partial charge is 0.439 e. The van der Waals surface area contributed by atoms with Crippen molar-refractivity contribution in [1.82, 2.24) is 9.97 Å². The van der Waals surface area contributed by atoms with Gasteiger partial charge in [0.1, 0.15) is 17.9 Å². The third-order valence-electron chi connectivity index (χ3n) is 2.83. The first-order valence-electron chi connectivity index (χ1n) is 6.60. The molecule has 0 bridgehead atoms. The van der Waals surface area contributed by atoms with Crippen LogP contribution in [0.3, 0.4) is 0 Å². The SMILES string of the molecule is CCCNc1cc(Oc2cc(C)c(Cl)c(C)c2)ncn1. The number of nitrogens with one attached hydrogen (secondary N) is 1. The Morgan fingerprint density at radius 1 is 1.15 bits per heavy atom. The first-order chi connectivity index (χ1) is 9.60. The van der Waals surface area contributed by atoms with Crippen LogP contribution in [0.4, 0.5) is 5.82 Å². The van der Waals surface area contributed by atoms with Crippen LogP contribution in [0, 0.1) is 13.8 Å². The van der Waals surface area contributed by atoms with Crippen molar-refractivity contribution >= 4 is 17.4 Å². The molecule has 5 heteroatoms. The van der Waals surface area contributed by atoms with Crippen LogP contribution >= 0.6 is 11.6 Å². The Morgan fingerprint density at radius 3 is 2.50 bits per heavy atom. The molecular weight excluding hydrogens is 274 g/mol. The Labute approximate surface area is 124 Å². The first-order valence-corrected chi connectivity index (χ1v) is 6.98. The highest BCUT2D eigenvalue weighted by Crippen LogP contribution is 2.28. The second-order valence-corrected chi connectivity index (χ2v) is 5.02. The van der Waals surface area contributed by atoms with Gasteiger partial charge in [0.25, 0.3) is 0 Å². The van der Waals surface area contributed by atoms with Gasteiger partial charge >= 0.3 is 0 Å². The van der Waals surface area contributed by atoms with Gasteiger partial charge in [-0.15, -0.1) is 0 Å². The molecule has 1 heterocycles. The van der Waals surface area contributed by atoms with E-state index in [2.05, 4.69) is 22.2 Å². The Balaban J connectivity index is 2.17. The molecule has 0 atom stereocenters. The minimum atomic E-state index is 0.514. The van der Waals surface area contributed by atoms with Crippen molar-refractivity contribution in [2.45, 2.75) is 27.2 Å². The van der Waals surface area contributed by atoms with Gasteiger partial charge in [0, 0.05) is 17.6 Å². The zero-order chi connectivity index (χ0) is 14.5. The maximum absolute atomic E-state index is 6.14. The highest BCUT2D eigenvalue weighted by Gasteiger charge is 2.06. The van der Waals surface area contributed by atoms with E-state index in [0.717, 1.165) is 40.7 Å². The molecule has 4 nitrogen and oxygen atoms in total. The molecule has 0 aliphatic heterocycles. The quantitative estimate of drug-likeness (QED) is 0.889. The maximum Gasteiger partial charge on any atom is 0.224 e. The van der Waals surface area contributed by atoms with E-state index >= 15 is 0 Å². The number of ether oxygens (including phenoxy) is 1. The standard InChI is InChI=1S/C15H18ClN3O/c1-4-5-17-13-8-14(19-9-18-13)20-12-6-10(2)15(16)11(3)7-12/h6-9H,4-5H2,1-3H3,(H,17,18,19). The van der Waals surface area contributed by atoms with Crippen LogP contribution in [0.2, 0.25) is 5.02 Å². The number of nitrogens with zero attached hydrogens (tertiary/aromatic N) is 2. The third-order valence-corrected chi connectivity index (χ3v) is 3.43. The summed E-state index contributed by atoms with van der Waals surface area (Å²) in [5.74, 6) is 2.00. The minimum absolute atomic E-state index is 0.514. The van der Waals surface area contributed by atoms with Crippen molar-refractivity contribution in [1.29, 1.82) is 0 Å². The van der Waals surface area contributed by atoms with Gasteiger partial charge < -0.3 is 10.1 Å². The highest BCUT2D eigenvalue weighted by atomic mass is 35.5. The number of halogens is 1. The molecule has 1 N–H and O–H groups in total. The second kappa shape index (κ2) is 6.57. The molecule has 0 fully saturated rings. The molecule has 106 valence electrons. The van der Waals surface area contributed by atoms with Crippen LogP contribution in [-0.2, 0) is 0 Å². The van der Waals surface area contributed by atoms with Crippen LogP contribution in [-0.4, -0.2) is 16.5 Å². The van der Waals surface area contributed by atoms with Gasteiger partial charge in [0.15, 0.2) is 0 Å². The van der Waals surface area contributed by atoms with Gasteiger partial charge in [-0.25, -0.2) is 9.97 Å². The van der Waals surface area contributed by atoms with Crippen molar-refractivity contribution in [2.75, 3.05) is 11.9 Å². The number of benzene rings is 1. The van der Waals surface area contributed by atoms with E-state index in [9.17, 15) is 0 Å². The molecule has 0 amide bonds. The predicted molar refractivity (Wildman–Crippen MR) is 81.8 cm³/mol. The molecule has 0 aliphatic rings. The van der Waals surface area contributed by atoms with E-state index in [0.29, 0.717) is 5.88 Å². The number of aryl methyl sites for hydroxylation is 2. The summed E-state index contributed by atoms with van der Waals surface area (Å²) in [5, 5.41) is 3.97. The van der Waals surface area contributed by atoms with E-state index in [1.54, 1.807) is 6.07 Å². The maximum atomic E-state index is 6.14. The lowest BCUT2D eigenvalue weighted by atomic mass is 10.1. The Hall–Kier alpha value is -1.81. The number of hydrogen-bond donors (Lipinski definition) is 1. The van der Waals surface area contributed by atoms with Gasteiger partial charge in [-0.05, 0) is 43.5 Å². The van der Waals surface area contributed by atoms with Crippen LogP contribution in [0.5, 0.6) is 11.6 Å². The van der Waals surface area contributed by atoms with Gasteiger partial charge in [-0.2, -0.15) is 0 Å². The summed E-state index contributed by atoms with van der Waals surface area (Å²) in [6, 6.07) is 5.59. The van der Waals surface area contributed by atoms with Crippen molar-refractivity contribution in [3.05, 3.63) is 40.7 Å². The van der Waals surface area contributed by atoms with E-state index in [4.69, 9.17) is 16.3 Å². The number of rotatable bonds is 5. The molecule has 0 spiro atoms. The molecule has 1 aromatic heterocycles. The van der Waals surface area contributed by atoms with E-state index in [1.807, 2.05) is 26.0 Å². The zero-order valence-corrected chi connectivity index (χ0v) is 12.7. The van der Waals surface area contributed by atoms with Crippen molar-refractivity contribution in [2.24, 2.45) is 0 Å². The molecule has 0 saturated heterocycles. The highest BCUT2D eigenvalue weighted by molar-refractivity contribution is 6.32. The topological polar surface area (TPSA) is 47.0 Å². The van der Waals surface area contributed by atoms with Gasteiger partial charge in [-0.1, -0.05) is 18.5 Å². The average Bonchev–Trinajstić information content (AvgIpc) is 2.43. The van der Waals surface area contributed by atoms with Gasteiger partial charge in [-0.3, -0.25) is 0 Å². The second-order valence-electron chi connectivity index (χ2n) is 4.64. The van der Waals surface area contributed by atoms with Crippen LogP contribution in [0.15, 0.2) is 24.5 Å². The number of aromatic nitrogens is 2. The summed E-state index contributed by atoms with van der Waals surface area (Å²) in [5.41, 5.74) is 1.97. The predicted octanol–water partition coefficient (Wildman–Crippen LogP) is 4.36. The van der Waals surface area contributed by atoms with Crippen molar-refractivity contribution in [3.63, 3.8) is 0 Å². The molecule has 0 saturated carbocycles. The normalized spacial score (nSPS) is 10.4. The zero-order valence-electron chi connectivity index (χ0n) is 11.9. The van der Waals surface area contributed by atoms with E-state index < -0.39 is 0 Å². The monoisotopic (exact) mass is 291 g/mol. The van der Waals surface area contributed by atoms with Crippen LogP contribution in [0.25, 0.3) is 0 Å². The molecule has 2 rings (SSSR count). The fourth-order valence-electron chi connectivity index (χ4n) is 1.83. The summed E-state index contributed by atoms with van der Waals surface area (Å²) in [4.78, 5) is 8.26. The summed E-state index contributed by atoms with van der Waals surface area (Å²) in [7, 11) is 0. The molecule has 0 radical (unpaired) electrons. The van der Waals surface area contributed by atoms with Crippen LogP contribution < -0.4 is 10.1 Å². The lowest BCUT2D eigenvalue weighted by Crippen LogP contribution is -2.02. The molecule has 1 aromatic carbocycles. The smallest absolute Gasteiger partial charge is 0.224 e. The van der Waals surface area contributed by atoms with Gasteiger partial charge in [0.05, 0.1) is 0 Å². The van der Waals surface area contributed by atoms with Crippen molar-refractivity contribution in [3.8, 4) is 11.6 Å². The Morgan fingerprint density at radius 2 is 1.85 bits per heavy atom. The summed E-state index contributed by atoms with van der Waals surface area (Å²) in [6.07, 6.45) is 2.53. The molecule has 0 aliphatic carbocycles. The van der Waals surface area contributed by atoms with Crippen LogP contribution in [0.1, 0.15) is 24.5 Å². The third kappa shape index (κ3) is 3.61. The average molecular weight is 292 g/mol. The molecule has 20 heavy (non-hydrogen) atoms. The van der Waals surface area contributed by atoms with E-state index in [1.165, 1.54) is 6.33 Å². The molecular formula is C15H18ClN3O. The number of hydrogen-bond acceptors (Lipinski definition) is 4. The Bertz CT molecular complexity index is 578. The fraction of sp³-hybridized carbons (Fsp3) is 0.333. The summed E-state index contributed by atoms with van der Waals surface area (Å²) < 4.78 is 5.77. The Kier molecular flexibility index (Phi) is 4.79. The first kappa shape index (κ1) is 14.6. The van der Waals surface area contributed by atoms with E-state index in [-0.39, 0.29) is 0 Å². The molecule has 2 aromatic rings. The fourth-order valence-corrected chi connectivity index (χ4v) is 1.94. The summed E-state index contributed by atoms with van der Waals surface area (Å²) >= 11 is 6.14. The minimum Gasteiger partial charge on any atom is -0.439 e. The van der Waals surface area contributed by atoms with Crippen molar-refractivity contribution < 1.29 is 4.74 Å². The number of anilines is 1. The van der Waals surface area contributed by atoms with Gasteiger partial charge in [0.2, 0.25) is 5.88 Å². The lowest BCUT2D eigenvalue weighted by Gasteiger charge is -2.10. The summed E-state index contributed by atoms with van der Waals surface area (Å²) in [6.45, 7) is 6.88. The molecule has 0 unspecified atom stereocenters.